The average molecular weight is 307 g/mol. The lowest BCUT2D eigenvalue weighted by Gasteiger charge is -2.13. The minimum absolute atomic E-state index is 0.181. The van der Waals surface area contributed by atoms with Crippen LogP contribution in [0, 0.1) is 0 Å². The van der Waals surface area contributed by atoms with E-state index in [9.17, 15) is 26.7 Å². The van der Waals surface area contributed by atoms with Gasteiger partial charge in [0.25, 0.3) is 5.78 Å². The normalized spacial score (nSPS) is 12.4. The summed E-state index contributed by atoms with van der Waals surface area (Å²) in [4.78, 5) is 14.2. The Hall–Kier alpha value is -2.52. The molecule has 1 heterocycles. The zero-order chi connectivity index (χ0) is 15.8. The van der Waals surface area contributed by atoms with Crippen molar-refractivity contribution in [3.8, 4) is 0 Å². The van der Waals surface area contributed by atoms with Gasteiger partial charge in [0.15, 0.2) is 0 Å². The first-order valence-electron chi connectivity index (χ1n) is 5.32. The fraction of sp³-hybridized carbons (Fsp3) is 0.182. The molecule has 2 aromatic rings. The van der Waals surface area contributed by atoms with E-state index in [0.29, 0.717) is 0 Å². The van der Waals surface area contributed by atoms with Crippen molar-refractivity contribution in [3.63, 3.8) is 0 Å². The number of carbonyl (C=O) groups excluding carboxylic acids is 1. The molecule has 21 heavy (non-hydrogen) atoms. The average Bonchev–Trinajstić information content (AvgIpc) is 2.87. The second-order valence-electron chi connectivity index (χ2n) is 3.95. The van der Waals surface area contributed by atoms with Crippen LogP contribution in [0.5, 0.6) is 0 Å². The highest BCUT2D eigenvalue weighted by Gasteiger charge is 2.46. The second kappa shape index (κ2) is 4.79. The van der Waals surface area contributed by atoms with Gasteiger partial charge in [-0.2, -0.15) is 26.9 Å². The maximum atomic E-state index is 13.9. The number of hydrogen-bond acceptors (Lipinski definition) is 5. The number of benzene rings is 1. The predicted octanol–water partition coefficient (Wildman–Crippen LogP) is 2.65. The molecule has 0 atom stereocenters. The predicted molar refractivity (Wildman–Crippen MR) is 58.4 cm³/mol. The van der Waals surface area contributed by atoms with Crippen molar-refractivity contribution in [1.29, 1.82) is 0 Å². The summed E-state index contributed by atoms with van der Waals surface area (Å²) in [5, 5.41) is 2.63. The van der Waals surface area contributed by atoms with E-state index in [1.807, 2.05) is 0 Å². The molecule has 0 aliphatic heterocycles. The molecule has 0 fully saturated rings. The molecule has 0 aliphatic rings. The third-order valence-corrected chi connectivity index (χ3v) is 2.43. The van der Waals surface area contributed by atoms with Gasteiger partial charge in [-0.05, 0) is 12.1 Å². The number of halogens is 5. The number of nitrogens with zero attached hydrogens (tertiary/aromatic N) is 2. The molecule has 0 amide bonds. The number of anilines is 1. The number of nitrogens with two attached hydrogens (primary N) is 1. The Morgan fingerprint density at radius 2 is 1.67 bits per heavy atom. The van der Waals surface area contributed by atoms with E-state index in [2.05, 4.69) is 14.7 Å². The first-order chi connectivity index (χ1) is 9.62. The molecular weight excluding hydrogens is 301 g/mol. The van der Waals surface area contributed by atoms with E-state index in [4.69, 9.17) is 5.73 Å². The van der Waals surface area contributed by atoms with Crippen molar-refractivity contribution in [2.45, 2.75) is 12.1 Å². The van der Waals surface area contributed by atoms with Gasteiger partial charge in [-0.15, -0.1) is 0 Å². The minimum atomic E-state index is -5.03. The fourth-order valence-electron chi connectivity index (χ4n) is 1.39. The van der Waals surface area contributed by atoms with Crippen LogP contribution in [0.15, 0.2) is 28.8 Å². The molecule has 2 rings (SSSR count). The van der Waals surface area contributed by atoms with Crippen LogP contribution in [0.1, 0.15) is 22.1 Å². The molecule has 10 heteroatoms. The molecule has 0 radical (unpaired) electrons. The quantitative estimate of drug-likeness (QED) is 0.535. The monoisotopic (exact) mass is 307 g/mol. The van der Waals surface area contributed by atoms with Gasteiger partial charge in [-0.3, -0.25) is 4.79 Å². The Kier molecular flexibility index (Phi) is 3.39. The van der Waals surface area contributed by atoms with E-state index in [1.165, 1.54) is 0 Å². The van der Waals surface area contributed by atoms with Crippen molar-refractivity contribution in [3.05, 3.63) is 41.5 Å². The van der Waals surface area contributed by atoms with Gasteiger partial charge in [0.2, 0.25) is 5.82 Å². The van der Waals surface area contributed by atoms with Crippen molar-refractivity contribution in [1.82, 2.24) is 10.1 Å². The van der Waals surface area contributed by atoms with E-state index in [1.54, 1.807) is 0 Å². The Labute approximate surface area is 113 Å². The van der Waals surface area contributed by atoms with E-state index >= 15 is 0 Å². The third-order valence-electron chi connectivity index (χ3n) is 2.43. The Balaban J connectivity index is 2.34. The van der Waals surface area contributed by atoms with Gasteiger partial charge < -0.3 is 10.3 Å². The summed E-state index contributed by atoms with van der Waals surface area (Å²) in [5.74, 6) is -9.35. The first kappa shape index (κ1) is 14.9. The molecular formula is C11H6F5N3O2. The zero-order valence-electron chi connectivity index (χ0n) is 9.99. The van der Waals surface area contributed by atoms with Crippen LogP contribution in [-0.4, -0.2) is 15.9 Å². The van der Waals surface area contributed by atoms with Crippen LogP contribution in [0.4, 0.5) is 27.6 Å². The molecule has 112 valence electrons. The SMILES string of the molecule is Nc1ccc(C(F)(F)C(=O)c2noc(C(F)(F)F)n2)cc1. The molecule has 0 saturated heterocycles. The fourth-order valence-corrected chi connectivity index (χ4v) is 1.39. The van der Waals surface area contributed by atoms with Crippen LogP contribution in [0.3, 0.4) is 0 Å². The van der Waals surface area contributed by atoms with Crippen LogP contribution < -0.4 is 5.73 Å². The number of nitrogen functional groups attached to an aromatic ring is 1. The number of ketones is 1. The van der Waals surface area contributed by atoms with Gasteiger partial charge in [-0.1, -0.05) is 17.3 Å². The van der Waals surface area contributed by atoms with E-state index < -0.39 is 35.2 Å². The summed E-state index contributed by atoms with van der Waals surface area (Å²) >= 11 is 0. The smallest absolute Gasteiger partial charge is 0.399 e. The van der Waals surface area contributed by atoms with Gasteiger partial charge in [0, 0.05) is 11.3 Å². The molecule has 0 bridgehead atoms. The zero-order valence-corrected chi connectivity index (χ0v) is 9.99. The van der Waals surface area contributed by atoms with Gasteiger partial charge in [0.05, 0.1) is 0 Å². The molecule has 0 saturated carbocycles. The lowest BCUT2D eigenvalue weighted by molar-refractivity contribution is -0.159. The maximum Gasteiger partial charge on any atom is 0.471 e. The van der Waals surface area contributed by atoms with Crippen LogP contribution >= 0.6 is 0 Å². The summed E-state index contributed by atoms with van der Waals surface area (Å²) in [6, 6.07) is 3.98. The topological polar surface area (TPSA) is 82.0 Å². The Morgan fingerprint density at radius 3 is 2.14 bits per heavy atom. The maximum absolute atomic E-state index is 13.9. The molecule has 2 N–H and O–H groups in total. The lowest BCUT2D eigenvalue weighted by atomic mass is 10.0. The van der Waals surface area contributed by atoms with E-state index in [0.717, 1.165) is 24.3 Å². The highest BCUT2D eigenvalue weighted by molar-refractivity contribution is 5.98. The van der Waals surface area contributed by atoms with E-state index in [-0.39, 0.29) is 5.69 Å². The number of carbonyl (C=O) groups is 1. The summed E-state index contributed by atoms with van der Waals surface area (Å²) < 4.78 is 68.2. The van der Waals surface area contributed by atoms with Crippen LogP contribution in [-0.2, 0) is 12.1 Å². The number of alkyl halides is 5. The second-order valence-corrected chi connectivity index (χ2v) is 3.95. The molecule has 1 aromatic carbocycles. The summed E-state index contributed by atoms with van der Waals surface area (Å²) in [5.41, 5.74) is 4.75. The van der Waals surface area contributed by atoms with Crippen LogP contribution in [0.25, 0.3) is 0 Å². The molecule has 1 aromatic heterocycles. The van der Waals surface area contributed by atoms with Crippen molar-refractivity contribution >= 4 is 11.5 Å². The number of Topliss-reactive ketones (excluding diaryl/α,β-unsaturated/α-hetero) is 1. The molecule has 5 nitrogen and oxygen atoms in total. The van der Waals surface area contributed by atoms with Gasteiger partial charge >= 0.3 is 18.0 Å². The summed E-state index contributed by atoms with van der Waals surface area (Å²) in [6.45, 7) is 0. The Morgan fingerprint density at radius 1 is 1.10 bits per heavy atom. The van der Waals surface area contributed by atoms with Crippen molar-refractivity contribution in [2.24, 2.45) is 0 Å². The highest BCUT2D eigenvalue weighted by Crippen LogP contribution is 2.33. The number of aromatic nitrogens is 2. The van der Waals surface area contributed by atoms with Crippen molar-refractivity contribution in [2.75, 3.05) is 5.73 Å². The molecule has 0 spiro atoms. The third kappa shape index (κ3) is 2.83. The van der Waals surface area contributed by atoms with Gasteiger partial charge in [0.1, 0.15) is 0 Å². The summed E-state index contributed by atoms with van der Waals surface area (Å²) in [6.07, 6.45) is -5.03. The number of rotatable bonds is 3. The number of hydrogen-bond donors (Lipinski definition) is 1. The highest BCUT2D eigenvalue weighted by atomic mass is 19.4. The molecule has 0 unspecified atom stereocenters. The standard InChI is InChI=1S/C11H6F5N3O2/c12-10(13,5-1-3-6(17)4-2-5)7(20)8-18-9(21-19-8)11(14,15)16/h1-4H,17H2. The Bertz CT molecular complexity index is 663. The van der Waals surface area contributed by atoms with Gasteiger partial charge in [-0.25, -0.2) is 0 Å². The first-order valence-corrected chi connectivity index (χ1v) is 5.32. The molecule has 0 aliphatic carbocycles. The van der Waals surface area contributed by atoms with Crippen molar-refractivity contribution < 1.29 is 31.3 Å². The van der Waals surface area contributed by atoms with Crippen LogP contribution in [0.2, 0.25) is 0 Å². The lowest BCUT2D eigenvalue weighted by Crippen LogP contribution is -2.27. The minimum Gasteiger partial charge on any atom is -0.399 e. The largest absolute Gasteiger partial charge is 0.471 e. The summed E-state index contributed by atoms with van der Waals surface area (Å²) in [7, 11) is 0.